The fourth-order valence-corrected chi connectivity index (χ4v) is 1.74. The van der Waals surface area contributed by atoms with Crippen molar-refractivity contribution in [2.24, 2.45) is 0 Å². The van der Waals surface area contributed by atoms with Gasteiger partial charge in [-0.15, -0.1) is 13.2 Å². The van der Waals surface area contributed by atoms with Crippen LogP contribution >= 0.6 is 27.5 Å². The van der Waals surface area contributed by atoms with Crippen molar-refractivity contribution in [2.75, 3.05) is 0 Å². The summed E-state index contributed by atoms with van der Waals surface area (Å²) in [6.45, 7) is 0. The Kier molecular flexibility index (Phi) is 3.60. The van der Waals surface area contributed by atoms with Gasteiger partial charge in [0.2, 0.25) is 0 Å². The van der Waals surface area contributed by atoms with Crippen molar-refractivity contribution in [2.45, 2.75) is 11.7 Å². The molecular weight excluding hydrogens is 286 g/mol. The van der Waals surface area contributed by atoms with Crippen molar-refractivity contribution in [1.29, 1.82) is 0 Å². The molecule has 0 aliphatic rings. The first-order valence-electron chi connectivity index (χ1n) is 3.38. The molecule has 1 aromatic rings. The molecule has 78 valence electrons. The Bertz CT molecular complexity index is 331. The highest BCUT2D eigenvalue weighted by atomic mass is 79.9. The lowest BCUT2D eigenvalue weighted by Gasteiger charge is -2.11. The van der Waals surface area contributed by atoms with Crippen LogP contribution in [0.1, 0.15) is 5.56 Å². The van der Waals surface area contributed by atoms with Crippen LogP contribution in [-0.2, 0) is 5.33 Å². The third-order valence-electron chi connectivity index (χ3n) is 1.32. The summed E-state index contributed by atoms with van der Waals surface area (Å²) < 4.78 is 39.4. The number of hydrogen-bond acceptors (Lipinski definition) is 2. The number of pyridine rings is 1. The van der Waals surface area contributed by atoms with Gasteiger partial charge in [0, 0.05) is 17.1 Å². The molecule has 0 aromatic carbocycles. The number of aromatic nitrogens is 1. The third kappa shape index (κ3) is 3.02. The molecule has 0 aliphatic heterocycles. The maximum atomic E-state index is 11.9. The number of alkyl halides is 4. The highest BCUT2D eigenvalue weighted by Gasteiger charge is 2.32. The first kappa shape index (κ1) is 11.6. The van der Waals surface area contributed by atoms with Gasteiger partial charge in [-0.1, -0.05) is 27.5 Å². The smallest absolute Gasteiger partial charge is 0.404 e. The topological polar surface area (TPSA) is 22.1 Å². The van der Waals surface area contributed by atoms with Gasteiger partial charge in [-0.05, 0) is 0 Å². The Labute approximate surface area is 91.2 Å². The van der Waals surface area contributed by atoms with Crippen molar-refractivity contribution < 1.29 is 17.9 Å². The molecule has 0 N–H and O–H groups in total. The number of nitrogens with zero attached hydrogens (tertiary/aromatic N) is 1. The van der Waals surface area contributed by atoms with Crippen molar-refractivity contribution in [3.05, 3.63) is 23.0 Å². The third-order valence-corrected chi connectivity index (χ3v) is 2.21. The molecule has 1 heterocycles. The highest BCUT2D eigenvalue weighted by molar-refractivity contribution is 9.08. The van der Waals surface area contributed by atoms with Crippen LogP contribution in [0.5, 0.6) is 5.75 Å². The standard InChI is InChI=1S/C7H4BrClF3NO/c8-1-4-5(9)2-13-3-6(4)14-7(10,11)12/h2-3H,1H2. The van der Waals surface area contributed by atoms with E-state index in [9.17, 15) is 13.2 Å². The van der Waals surface area contributed by atoms with Gasteiger partial charge in [-0.2, -0.15) is 0 Å². The zero-order chi connectivity index (χ0) is 10.8. The first-order chi connectivity index (χ1) is 6.44. The number of hydrogen-bond donors (Lipinski definition) is 0. The molecule has 14 heavy (non-hydrogen) atoms. The summed E-state index contributed by atoms with van der Waals surface area (Å²) in [6, 6.07) is 0. The lowest BCUT2D eigenvalue weighted by Crippen LogP contribution is -2.18. The van der Waals surface area contributed by atoms with Crippen molar-refractivity contribution in [1.82, 2.24) is 4.98 Å². The molecule has 0 radical (unpaired) electrons. The molecule has 0 aliphatic carbocycles. The number of ether oxygens (including phenoxy) is 1. The molecular formula is C7H4BrClF3NO. The van der Waals surface area contributed by atoms with E-state index in [4.69, 9.17) is 11.6 Å². The lowest BCUT2D eigenvalue weighted by molar-refractivity contribution is -0.275. The molecule has 1 aromatic heterocycles. The second kappa shape index (κ2) is 4.35. The van der Waals surface area contributed by atoms with Crippen molar-refractivity contribution >= 4 is 27.5 Å². The molecule has 1 rings (SSSR count). The van der Waals surface area contributed by atoms with Gasteiger partial charge >= 0.3 is 6.36 Å². The van der Waals surface area contributed by atoms with Crippen LogP contribution in [0, 0.1) is 0 Å². The molecule has 0 unspecified atom stereocenters. The minimum Gasteiger partial charge on any atom is -0.404 e. The van der Waals surface area contributed by atoms with Crippen LogP contribution in [0.4, 0.5) is 13.2 Å². The predicted molar refractivity (Wildman–Crippen MR) is 48.6 cm³/mol. The van der Waals surface area contributed by atoms with Crippen LogP contribution in [-0.4, -0.2) is 11.3 Å². The van der Waals surface area contributed by atoms with Crippen LogP contribution in [0.15, 0.2) is 12.4 Å². The van der Waals surface area contributed by atoms with Gasteiger partial charge in [0.25, 0.3) is 0 Å². The van der Waals surface area contributed by atoms with Crippen LogP contribution in [0.2, 0.25) is 5.02 Å². The lowest BCUT2D eigenvalue weighted by atomic mass is 10.3. The van der Waals surface area contributed by atoms with Crippen LogP contribution in [0.3, 0.4) is 0 Å². The number of rotatable bonds is 2. The Morgan fingerprint density at radius 3 is 2.57 bits per heavy atom. The quantitative estimate of drug-likeness (QED) is 0.777. The van der Waals surface area contributed by atoms with Gasteiger partial charge < -0.3 is 4.74 Å². The zero-order valence-corrected chi connectivity index (χ0v) is 8.95. The molecule has 2 nitrogen and oxygen atoms in total. The summed E-state index contributed by atoms with van der Waals surface area (Å²) in [5, 5.41) is 0.295. The Hall–Kier alpha value is -0.490. The Morgan fingerprint density at radius 2 is 2.07 bits per heavy atom. The summed E-state index contributed by atoms with van der Waals surface area (Å²) in [4.78, 5) is 3.50. The van der Waals surface area contributed by atoms with E-state index in [1.807, 2.05) is 0 Å². The van der Waals surface area contributed by atoms with Gasteiger partial charge in [0.05, 0.1) is 11.2 Å². The van der Waals surface area contributed by atoms with Crippen LogP contribution < -0.4 is 4.74 Å². The molecule has 0 saturated heterocycles. The van der Waals surface area contributed by atoms with E-state index in [-0.39, 0.29) is 21.7 Å². The predicted octanol–water partition coefficient (Wildman–Crippen LogP) is 3.53. The molecule has 0 amide bonds. The number of halogens is 5. The Balaban J connectivity index is 3.02. The SMILES string of the molecule is FC(F)(F)Oc1cncc(Cl)c1CBr. The van der Waals surface area contributed by atoms with E-state index in [0.29, 0.717) is 0 Å². The van der Waals surface area contributed by atoms with Crippen molar-refractivity contribution in [3.63, 3.8) is 0 Å². The van der Waals surface area contributed by atoms with E-state index in [1.54, 1.807) is 0 Å². The molecule has 0 atom stereocenters. The second-order valence-electron chi connectivity index (χ2n) is 2.28. The van der Waals surface area contributed by atoms with Crippen molar-refractivity contribution in [3.8, 4) is 5.75 Å². The van der Waals surface area contributed by atoms with Gasteiger partial charge in [0.15, 0.2) is 5.75 Å². The van der Waals surface area contributed by atoms with Gasteiger partial charge in [-0.3, -0.25) is 4.98 Å². The summed E-state index contributed by atoms with van der Waals surface area (Å²) in [5.74, 6) is -0.387. The minimum atomic E-state index is -4.73. The van der Waals surface area contributed by atoms with Gasteiger partial charge in [-0.25, -0.2) is 0 Å². The fraction of sp³-hybridized carbons (Fsp3) is 0.286. The second-order valence-corrected chi connectivity index (χ2v) is 3.25. The molecule has 7 heteroatoms. The molecule has 0 bridgehead atoms. The normalized spacial score (nSPS) is 11.5. The van der Waals surface area contributed by atoms with E-state index in [2.05, 4.69) is 25.7 Å². The first-order valence-corrected chi connectivity index (χ1v) is 4.88. The largest absolute Gasteiger partial charge is 0.573 e. The summed E-state index contributed by atoms with van der Waals surface area (Å²) in [5.41, 5.74) is 0.221. The van der Waals surface area contributed by atoms with Crippen LogP contribution in [0.25, 0.3) is 0 Å². The average molecular weight is 290 g/mol. The minimum absolute atomic E-state index is 0.128. The van der Waals surface area contributed by atoms with E-state index in [0.717, 1.165) is 6.20 Å². The average Bonchev–Trinajstić information content (AvgIpc) is 2.01. The molecule has 0 spiro atoms. The zero-order valence-electron chi connectivity index (χ0n) is 6.61. The van der Waals surface area contributed by atoms with E-state index in [1.165, 1.54) is 6.20 Å². The Morgan fingerprint density at radius 1 is 1.43 bits per heavy atom. The highest BCUT2D eigenvalue weighted by Crippen LogP contribution is 2.31. The van der Waals surface area contributed by atoms with Gasteiger partial charge in [0.1, 0.15) is 0 Å². The summed E-state index contributed by atoms with van der Waals surface area (Å²) in [6.07, 6.45) is -2.51. The fourth-order valence-electron chi connectivity index (χ4n) is 0.786. The monoisotopic (exact) mass is 289 g/mol. The summed E-state index contributed by atoms with van der Waals surface area (Å²) >= 11 is 8.63. The maximum Gasteiger partial charge on any atom is 0.573 e. The van der Waals surface area contributed by atoms with E-state index >= 15 is 0 Å². The maximum absolute atomic E-state index is 11.9. The molecule has 0 saturated carbocycles. The molecule has 0 fully saturated rings. The summed E-state index contributed by atoms with van der Waals surface area (Å²) in [7, 11) is 0. The van der Waals surface area contributed by atoms with E-state index < -0.39 is 6.36 Å².